The highest BCUT2D eigenvalue weighted by Gasteiger charge is 2.61. The van der Waals surface area contributed by atoms with E-state index >= 15 is 0 Å². The van der Waals surface area contributed by atoms with Gasteiger partial charge in [0.15, 0.2) is 11.6 Å². The quantitative estimate of drug-likeness (QED) is 0.574. The first-order valence-corrected chi connectivity index (χ1v) is 11.0. The molecule has 0 radical (unpaired) electrons. The van der Waals surface area contributed by atoms with E-state index in [1.807, 2.05) is 42.5 Å². The van der Waals surface area contributed by atoms with Crippen molar-refractivity contribution >= 4 is 27.5 Å². The Morgan fingerprint density at radius 3 is 2.14 bits per heavy atom. The number of halogens is 1. The number of benzene rings is 2. The van der Waals surface area contributed by atoms with Gasteiger partial charge in [-0.05, 0) is 85.0 Å². The Balaban J connectivity index is 1.49. The summed E-state index contributed by atoms with van der Waals surface area (Å²) in [5.41, 5.74) is 1.93. The zero-order valence-electron chi connectivity index (χ0n) is 15.9. The molecule has 0 spiro atoms. The van der Waals surface area contributed by atoms with Gasteiger partial charge in [-0.3, -0.25) is 9.59 Å². The molecule has 0 heterocycles. The second-order valence-corrected chi connectivity index (χ2v) is 9.31. The second kappa shape index (κ2) is 6.84. The average molecular weight is 439 g/mol. The van der Waals surface area contributed by atoms with Crippen LogP contribution >= 0.6 is 15.9 Å². The Morgan fingerprint density at radius 2 is 1.54 bits per heavy atom. The highest BCUT2D eigenvalue weighted by molar-refractivity contribution is 9.10. The number of aryl methyl sites for hydroxylation is 1. The highest BCUT2D eigenvalue weighted by atomic mass is 79.9. The number of carbonyl (C=O) groups is 2. The maximum Gasteiger partial charge on any atom is 0.151 e. The van der Waals surface area contributed by atoms with Crippen LogP contribution in [0.25, 0.3) is 0 Å². The van der Waals surface area contributed by atoms with Crippen LogP contribution in [0.4, 0.5) is 0 Å². The summed E-state index contributed by atoms with van der Waals surface area (Å²) in [4.78, 5) is 26.6. The van der Waals surface area contributed by atoms with E-state index in [1.165, 1.54) is 0 Å². The number of hydrogen-bond donors (Lipinski definition) is 0. The van der Waals surface area contributed by atoms with Crippen LogP contribution in [0.1, 0.15) is 43.2 Å². The molecular formula is C24H23BrO3. The minimum absolute atomic E-state index is 0.0306. The molecular weight excluding hydrogens is 416 g/mol. The van der Waals surface area contributed by atoms with Crippen molar-refractivity contribution in [3.63, 3.8) is 0 Å². The molecule has 0 aromatic heterocycles. The number of ether oxygens (including phenoxy) is 1. The van der Waals surface area contributed by atoms with Crippen LogP contribution in [0.3, 0.4) is 0 Å². The maximum atomic E-state index is 13.3. The van der Waals surface area contributed by atoms with E-state index in [0.29, 0.717) is 17.6 Å². The van der Waals surface area contributed by atoms with Gasteiger partial charge >= 0.3 is 0 Å². The lowest BCUT2D eigenvalue weighted by Gasteiger charge is -2.21. The molecule has 3 aliphatic rings. The first-order chi connectivity index (χ1) is 13.6. The van der Waals surface area contributed by atoms with Gasteiger partial charge in [-0.15, -0.1) is 0 Å². The van der Waals surface area contributed by atoms with Crippen LogP contribution in [0.2, 0.25) is 0 Å². The van der Waals surface area contributed by atoms with Gasteiger partial charge in [0.1, 0.15) is 17.4 Å². The lowest BCUT2D eigenvalue weighted by Crippen LogP contribution is -2.24. The van der Waals surface area contributed by atoms with Crippen molar-refractivity contribution < 1.29 is 14.3 Å². The molecule has 4 heteroatoms. The predicted octanol–water partition coefficient (Wildman–Crippen LogP) is 5.70. The third-order valence-electron chi connectivity index (χ3n) is 7.00. The molecule has 3 saturated carbocycles. The van der Waals surface area contributed by atoms with Crippen LogP contribution in [-0.2, 0) is 16.0 Å². The topological polar surface area (TPSA) is 43.4 Å². The Bertz CT molecular complexity index is 921. The van der Waals surface area contributed by atoms with Crippen molar-refractivity contribution in [2.45, 2.75) is 38.5 Å². The fraction of sp³-hybridized carbons (Fsp3) is 0.417. The Hall–Kier alpha value is -1.94. The first-order valence-electron chi connectivity index (χ1n) is 10.2. The molecule has 0 aliphatic heterocycles. The molecule has 2 aromatic carbocycles. The molecule has 28 heavy (non-hydrogen) atoms. The molecule has 144 valence electrons. The van der Waals surface area contributed by atoms with Gasteiger partial charge in [-0.25, -0.2) is 0 Å². The van der Waals surface area contributed by atoms with Gasteiger partial charge in [-0.1, -0.05) is 28.9 Å². The summed E-state index contributed by atoms with van der Waals surface area (Å²) in [5.74, 6) is 1.95. The van der Waals surface area contributed by atoms with Crippen molar-refractivity contribution in [2.75, 3.05) is 0 Å². The monoisotopic (exact) mass is 438 g/mol. The summed E-state index contributed by atoms with van der Waals surface area (Å²) in [7, 11) is 0. The predicted molar refractivity (Wildman–Crippen MR) is 111 cm³/mol. The molecule has 3 fully saturated rings. The molecule has 3 aliphatic carbocycles. The zero-order chi connectivity index (χ0) is 19.4. The van der Waals surface area contributed by atoms with Crippen LogP contribution in [0, 0.1) is 23.7 Å². The molecule has 4 unspecified atom stereocenters. The van der Waals surface area contributed by atoms with Crippen LogP contribution in [-0.4, -0.2) is 11.6 Å². The second-order valence-electron chi connectivity index (χ2n) is 8.39. The van der Waals surface area contributed by atoms with E-state index in [4.69, 9.17) is 4.74 Å². The number of carbonyl (C=O) groups excluding carboxylic acids is 2. The van der Waals surface area contributed by atoms with E-state index in [2.05, 4.69) is 22.9 Å². The van der Waals surface area contributed by atoms with Crippen LogP contribution < -0.4 is 4.74 Å². The fourth-order valence-electron chi connectivity index (χ4n) is 5.81. The SMILES string of the molecule is CCc1ccc(Oc2ccc(Br)cc2)cc1C1C(=O)C2C3CCC(C3)C2C1=O. The number of Topliss-reactive ketones (excluding diaryl/α,β-unsaturated/α-hetero) is 2. The number of rotatable bonds is 4. The van der Waals surface area contributed by atoms with Crippen molar-refractivity contribution in [2.24, 2.45) is 23.7 Å². The fourth-order valence-corrected chi connectivity index (χ4v) is 6.07. The largest absolute Gasteiger partial charge is 0.457 e. The molecule has 0 saturated heterocycles. The van der Waals surface area contributed by atoms with Crippen molar-refractivity contribution in [1.29, 1.82) is 0 Å². The average Bonchev–Trinajstić information content (AvgIpc) is 3.37. The van der Waals surface area contributed by atoms with E-state index in [1.54, 1.807) is 0 Å². The zero-order valence-corrected chi connectivity index (χ0v) is 17.4. The summed E-state index contributed by atoms with van der Waals surface area (Å²) in [6.07, 6.45) is 4.11. The summed E-state index contributed by atoms with van der Waals surface area (Å²) < 4.78 is 7.00. The standard InChI is InChI=1S/C24H23BrO3/c1-2-13-5-8-18(28-17-9-6-16(25)7-10-17)12-19(13)22-23(26)20-14-3-4-15(11-14)21(20)24(22)27/h5-10,12,14-15,20-22H,2-4,11H2,1H3. The summed E-state index contributed by atoms with van der Waals surface area (Å²) in [6, 6.07) is 13.5. The van der Waals surface area contributed by atoms with E-state index in [0.717, 1.165) is 47.0 Å². The molecule has 0 N–H and O–H groups in total. The highest BCUT2D eigenvalue weighted by Crippen LogP contribution is 2.59. The third-order valence-corrected chi connectivity index (χ3v) is 7.53. The minimum Gasteiger partial charge on any atom is -0.457 e. The Morgan fingerprint density at radius 1 is 0.929 bits per heavy atom. The summed E-state index contributed by atoms with van der Waals surface area (Å²) in [5, 5.41) is 0. The van der Waals surface area contributed by atoms with E-state index in [-0.39, 0.29) is 23.4 Å². The lowest BCUT2D eigenvalue weighted by atomic mass is 9.81. The summed E-state index contributed by atoms with van der Waals surface area (Å²) >= 11 is 3.43. The number of fused-ring (bicyclic) bond motifs is 5. The molecule has 5 rings (SSSR count). The first kappa shape index (κ1) is 18.1. The minimum atomic E-state index is -0.596. The van der Waals surface area contributed by atoms with Crippen LogP contribution in [0.5, 0.6) is 11.5 Å². The molecule has 2 bridgehead atoms. The molecule has 2 aromatic rings. The van der Waals surface area contributed by atoms with E-state index in [9.17, 15) is 9.59 Å². The number of ketones is 2. The van der Waals surface area contributed by atoms with Gasteiger partial charge in [0.05, 0.1) is 0 Å². The van der Waals surface area contributed by atoms with Gasteiger partial charge in [0.25, 0.3) is 0 Å². The third kappa shape index (κ3) is 2.76. The Labute approximate surface area is 173 Å². The molecule has 0 amide bonds. The Kier molecular flexibility index (Phi) is 4.42. The molecule has 3 nitrogen and oxygen atoms in total. The van der Waals surface area contributed by atoms with Crippen molar-refractivity contribution in [1.82, 2.24) is 0 Å². The maximum absolute atomic E-state index is 13.3. The van der Waals surface area contributed by atoms with Gasteiger partial charge < -0.3 is 4.74 Å². The normalized spacial score (nSPS) is 30.7. The van der Waals surface area contributed by atoms with E-state index < -0.39 is 5.92 Å². The summed E-state index contributed by atoms with van der Waals surface area (Å²) in [6.45, 7) is 2.07. The van der Waals surface area contributed by atoms with Crippen LogP contribution in [0.15, 0.2) is 46.9 Å². The number of hydrogen-bond acceptors (Lipinski definition) is 3. The molecule has 4 atom stereocenters. The van der Waals surface area contributed by atoms with Crippen molar-refractivity contribution in [3.05, 3.63) is 58.1 Å². The lowest BCUT2D eigenvalue weighted by molar-refractivity contribution is -0.125. The van der Waals surface area contributed by atoms with Gasteiger partial charge in [0, 0.05) is 16.3 Å². The van der Waals surface area contributed by atoms with Gasteiger partial charge in [-0.2, -0.15) is 0 Å². The van der Waals surface area contributed by atoms with Crippen molar-refractivity contribution in [3.8, 4) is 11.5 Å². The smallest absolute Gasteiger partial charge is 0.151 e. The van der Waals surface area contributed by atoms with Gasteiger partial charge in [0.2, 0.25) is 0 Å².